The van der Waals surface area contributed by atoms with E-state index in [-0.39, 0.29) is 12.1 Å². The second-order valence-corrected chi connectivity index (χ2v) is 31.9. The quantitative estimate of drug-likeness (QED) is 0.0845. The predicted octanol–water partition coefficient (Wildman–Crippen LogP) is 28.2. The fraction of sp³-hybridized carbons (Fsp3) is 0.0364. The smallest absolute Gasteiger partial charge is 0.252 e. The fourth-order valence-electron chi connectivity index (χ4n) is 18.8. The molecule has 0 amide bonds. The van der Waals surface area contributed by atoms with Crippen LogP contribution < -0.4 is 31.1 Å². The Morgan fingerprint density at radius 1 is 0.252 bits per heavy atom. The average Bonchev–Trinajstić information content (AvgIpc) is 0.731. The molecule has 540 valence electrons. The molecule has 3 heterocycles. The zero-order chi connectivity index (χ0) is 76.4. The molecule has 4 nitrogen and oxygen atoms in total. The lowest BCUT2D eigenvalue weighted by molar-refractivity contribution is 0.591. The van der Waals surface area contributed by atoms with Crippen LogP contribution in [0.4, 0.5) is 51.2 Å². The van der Waals surface area contributed by atoms with Crippen molar-refractivity contribution in [3.8, 4) is 83.6 Å². The van der Waals surface area contributed by atoms with Crippen LogP contribution in [0.2, 0.25) is 0 Å². The number of fused-ring (bicyclic) bond motifs is 7. The SMILES string of the molecule is CC(C)(C)c1cc2ccc3cc(-c4ccc5c(c4)N(c4c(-c6ccccc6)cccc4-c4ccccc4)c4cc(N(c6ccc(-c7ccccc7)cc6)c6ccc(-c7ccccc7)cc6)cc6c4B5c4ccc(-n5c7ccccc7c7ccccc75)cc4N6c4c(-c5ccccc5)cccc4-c4ccccc4)cc4ccc(c1)c2c34. The second-order valence-electron chi connectivity index (χ2n) is 31.9. The van der Waals surface area contributed by atoms with Gasteiger partial charge in [-0.3, -0.25) is 0 Å². The lowest BCUT2D eigenvalue weighted by Crippen LogP contribution is -2.61. The van der Waals surface area contributed by atoms with E-state index in [0.29, 0.717) is 0 Å². The third-order valence-electron chi connectivity index (χ3n) is 24.2. The van der Waals surface area contributed by atoms with E-state index in [9.17, 15) is 0 Å². The van der Waals surface area contributed by atoms with Gasteiger partial charge in [0.25, 0.3) is 6.71 Å². The van der Waals surface area contributed by atoms with Crippen molar-refractivity contribution in [3.05, 3.63) is 418 Å². The van der Waals surface area contributed by atoms with Crippen molar-refractivity contribution in [2.24, 2.45) is 0 Å². The summed E-state index contributed by atoms with van der Waals surface area (Å²) in [5.74, 6) is 0. The molecule has 0 bridgehead atoms. The molecule has 0 radical (unpaired) electrons. The number of aromatic nitrogens is 1. The minimum atomic E-state index is -0.307. The molecule has 0 saturated carbocycles. The van der Waals surface area contributed by atoms with Crippen molar-refractivity contribution in [2.75, 3.05) is 14.7 Å². The van der Waals surface area contributed by atoms with Gasteiger partial charge in [0, 0.05) is 72.8 Å². The lowest BCUT2D eigenvalue weighted by atomic mass is 9.33. The van der Waals surface area contributed by atoms with Gasteiger partial charge in [-0.15, -0.1) is 0 Å². The summed E-state index contributed by atoms with van der Waals surface area (Å²) in [5.41, 5.74) is 33.6. The maximum absolute atomic E-state index is 2.70. The van der Waals surface area contributed by atoms with Crippen molar-refractivity contribution in [3.63, 3.8) is 0 Å². The topological polar surface area (TPSA) is 14.7 Å². The second kappa shape index (κ2) is 27.2. The number of para-hydroxylation sites is 4. The first kappa shape index (κ1) is 67.4. The molecule has 20 aromatic rings. The van der Waals surface area contributed by atoms with Gasteiger partial charge < -0.3 is 19.3 Å². The van der Waals surface area contributed by atoms with Crippen molar-refractivity contribution < 1.29 is 0 Å². The highest BCUT2D eigenvalue weighted by Gasteiger charge is 2.46. The molecule has 0 fully saturated rings. The lowest BCUT2D eigenvalue weighted by Gasteiger charge is -2.46. The Morgan fingerprint density at radius 3 is 1.01 bits per heavy atom. The van der Waals surface area contributed by atoms with Crippen LogP contribution in [0.15, 0.2) is 413 Å². The standard InChI is InChI=1S/C110H77BN4/c1-110(2,3)86-66-83-50-48-81-64-85(65-82-49-51-84(67-86)106(83)105(81)82)80-56-62-97-101(68-80)114(108-91(76-32-14-6-15-33-76)42-26-43-92(108)77-34-16-7-17-35-77)103-70-90(112(87-57-52-74(53-58-87)72-28-10-4-11-29-72)88-59-54-75(55-60-88)73-30-12-5-13-31-73)71-104-107(103)111(97)98-63-61-89(113-99-46-24-22-40-95(99)96-41-23-25-47-100(96)113)69-102(98)115(104)109-93(78-36-18-8-19-37-78)44-27-45-94(109)79-38-20-9-21-39-79/h4-71H,1-3H3. The van der Waals surface area contributed by atoms with E-state index in [4.69, 9.17) is 0 Å². The Hall–Kier alpha value is -14.5. The highest BCUT2D eigenvalue weighted by atomic mass is 15.2. The Kier molecular flexibility index (Phi) is 15.9. The molecule has 115 heavy (non-hydrogen) atoms. The molecule has 5 heteroatoms. The molecule has 0 N–H and O–H groups in total. The zero-order valence-corrected chi connectivity index (χ0v) is 64.1. The number of benzene rings is 19. The summed E-state index contributed by atoms with van der Waals surface area (Å²) in [7, 11) is 0. The maximum Gasteiger partial charge on any atom is 0.252 e. The molecule has 2 aliphatic heterocycles. The van der Waals surface area contributed by atoms with Crippen LogP contribution in [0, 0.1) is 0 Å². The van der Waals surface area contributed by atoms with Crippen molar-refractivity contribution >= 4 is 128 Å². The van der Waals surface area contributed by atoms with Crippen LogP contribution in [-0.2, 0) is 5.41 Å². The molecular formula is C110H77BN4. The first-order valence-corrected chi connectivity index (χ1v) is 40.1. The van der Waals surface area contributed by atoms with Gasteiger partial charge >= 0.3 is 0 Å². The van der Waals surface area contributed by atoms with Gasteiger partial charge in [-0.1, -0.05) is 354 Å². The summed E-state index contributed by atoms with van der Waals surface area (Å²) in [6.45, 7) is 6.64. The van der Waals surface area contributed by atoms with Gasteiger partial charge in [-0.05, 0) is 194 Å². The van der Waals surface area contributed by atoms with E-state index in [1.807, 2.05) is 0 Å². The Balaban J connectivity index is 0.896. The van der Waals surface area contributed by atoms with Crippen LogP contribution in [0.25, 0.3) is 138 Å². The molecule has 0 atom stereocenters. The summed E-state index contributed by atoms with van der Waals surface area (Å²) in [6, 6.07) is 155. The number of rotatable bonds is 13. The third-order valence-corrected chi connectivity index (χ3v) is 24.2. The molecule has 22 rings (SSSR count). The minimum Gasteiger partial charge on any atom is -0.310 e. The Morgan fingerprint density at radius 2 is 0.600 bits per heavy atom. The number of anilines is 9. The maximum atomic E-state index is 2.70. The zero-order valence-electron chi connectivity index (χ0n) is 64.1. The summed E-state index contributed by atoms with van der Waals surface area (Å²) in [6.07, 6.45) is 0. The molecule has 1 aromatic heterocycles. The summed E-state index contributed by atoms with van der Waals surface area (Å²) < 4.78 is 2.49. The largest absolute Gasteiger partial charge is 0.310 e. The van der Waals surface area contributed by atoms with Crippen LogP contribution >= 0.6 is 0 Å². The molecule has 0 saturated heterocycles. The first-order valence-electron chi connectivity index (χ1n) is 40.1. The van der Waals surface area contributed by atoms with E-state index in [1.165, 1.54) is 65.0 Å². The Labute approximate surface area is 671 Å². The van der Waals surface area contributed by atoms with Crippen LogP contribution in [0.3, 0.4) is 0 Å². The molecule has 19 aromatic carbocycles. The highest BCUT2D eigenvalue weighted by Crippen LogP contribution is 2.56. The molecule has 0 aliphatic carbocycles. The summed E-state index contributed by atoms with van der Waals surface area (Å²) >= 11 is 0. The first-order chi connectivity index (χ1) is 56.7. The summed E-state index contributed by atoms with van der Waals surface area (Å²) in [5, 5.41) is 10.1. The molecule has 0 unspecified atom stereocenters. The fourth-order valence-corrected chi connectivity index (χ4v) is 18.8. The third kappa shape index (κ3) is 11.3. The molecule has 2 aliphatic rings. The van der Waals surface area contributed by atoms with Crippen molar-refractivity contribution in [1.82, 2.24) is 4.57 Å². The van der Waals surface area contributed by atoms with Gasteiger partial charge in [0.1, 0.15) is 0 Å². The molecular weight excluding hydrogens is 1390 g/mol. The average molecular weight is 1470 g/mol. The van der Waals surface area contributed by atoms with Crippen LogP contribution in [0.5, 0.6) is 0 Å². The van der Waals surface area contributed by atoms with Gasteiger partial charge in [0.15, 0.2) is 0 Å². The van der Waals surface area contributed by atoms with Gasteiger partial charge in [0.2, 0.25) is 0 Å². The van der Waals surface area contributed by atoms with E-state index in [0.717, 1.165) is 146 Å². The van der Waals surface area contributed by atoms with Crippen LogP contribution in [0.1, 0.15) is 26.3 Å². The van der Waals surface area contributed by atoms with E-state index in [1.54, 1.807) is 0 Å². The number of hydrogen-bond acceptors (Lipinski definition) is 3. The number of nitrogens with zero attached hydrogens (tertiary/aromatic N) is 4. The normalized spacial score (nSPS) is 12.4. The number of hydrogen-bond donors (Lipinski definition) is 0. The van der Waals surface area contributed by atoms with Gasteiger partial charge in [-0.25, -0.2) is 0 Å². The van der Waals surface area contributed by atoms with Gasteiger partial charge in [-0.2, -0.15) is 0 Å². The van der Waals surface area contributed by atoms with E-state index < -0.39 is 0 Å². The van der Waals surface area contributed by atoms with Crippen molar-refractivity contribution in [2.45, 2.75) is 26.2 Å². The van der Waals surface area contributed by atoms with Gasteiger partial charge in [0.05, 0.1) is 28.1 Å². The predicted molar refractivity (Wildman–Crippen MR) is 490 cm³/mol. The van der Waals surface area contributed by atoms with E-state index in [2.05, 4.69) is 453 Å². The highest BCUT2D eigenvalue weighted by molar-refractivity contribution is 7.00. The Bertz CT molecular complexity index is 6840. The molecule has 0 spiro atoms. The van der Waals surface area contributed by atoms with Crippen molar-refractivity contribution in [1.29, 1.82) is 0 Å². The summed E-state index contributed by atoms with van der Waals surface area (Å²) in [4.78, 5) is 7.90. The monoisotopic (exact) mass is 1460 g/mol. The van der Waals surface area contributed by atoms with E-state index >= 15 is 0 Å². The minimum absolute atomic E-state index is 0.00380. The van der Waals surface area contributed by atoms with Crippen LogP contribution in [-0.4, -0.2) is 11.3 Å².